The number of thiazole rings is 1. The average molecular weight is 386 g/mol. The quantitative estimate of drug-likeness (QED) is 0.340. The maximum atomic E-state index is 13.0. The summed E-state index contributed by atoms with van der Waals surface area (Å²) >= 11 is 1.36. The number of rotatable bonds is 3. The first kappa shape index (κ1) is 16.6. The fourth-order valence-corrected chi connectivity index (χ4v) is 4.15. The number of carbonyl (C=O) groups is 1. The SMILES string of the molecule is O=C(OCc1cc(=O)n2ccsc2n1)c1c2ccccc2cc2ccccc12. The Labute approximate surface area is 163 Å². The Hall–Kier alpha value is -3.51. The van der Waals surface area contributed by atoms with E-state index in [4.69, 9.17) is 4.74 Å². The third kappa shape index (κ3) is 2.75. The zero-order chi connectivity index (χ0) is 19.1. The predicted octanol–water partition coefficient (Wildman–Crippen LogP) is 4.42. The fourth-order valence-electron chi connectivity index (χ4n) is 3.41. The van der Waals surface area contributed by atoms with Crippen molar-refractivity contribution < 1.29 is 9.53 Å². The van der Waals surface area contributed by atoms with Crippen LogP contribution in [0.3, 0.4) is 0 Å². The van der Waals surface area contributed by atoms with Gasteiger partial charge in [-0.25, -0.2) is 9.78 Å². The van der Waals surface area contributed by atoms with Crippen LogP contribution in [0.5, 0.6) is 0 Å². The van der Waals surface area contributed by atoms with Crippen molar-refractivity contribution in [1.29, 1.82) is 0 Å². The van der Waals surface area contributed by atoms with E-state index in [-0.39, 0.29) is 12.2 Å². The van der Waals surface area contributed by atoms with Gasteiger partial charge >= 0.3 is 5.97 Å². The molecule has 0 aliphatic rings. The largest absolute Gasteiger partial charge is 0.456 e. The summed E-state index contributed by atoms with van der Waals surface area (Å²) < 4.78 is 7.03. The van der Waals surface area contributed by atoms with E-state index in [9.17, 15) is 9.59 Å². The molecule has 0 saturated carbocycles. The molecule has 0 saturated heterocycles. The van der Waals surface area contributed by atoms with E-state index in [1.165, 1.54) is 21.8 Å². The lowest BCUT2D eigenvalue weighted by Crippen LogP contribution is -2.15. The van der Waals surface area contributed by atoms with Gasteiger partial charge in [-0.1, -0.05) is 48.5 Å². The highest BCUT2D eigenvalue weighted by Crippen LogP contribution is 2.29. The van der Waals surface area contributed by atoms with Gasteiger partial charge in [0.25, 0.3) is 5.56 Å². The average Bonchev–Trinajstić information content (AvgIpc) is 3.19. The molecule has 0 atom stereocenters. The molecule has 0 amide bonds. The Kier molecular flexibility index (Phi) is 3.91. The van der Waals surface area contributed by atoms with Gasteiger partial charge in [-0.2, -0.15) is 0 Å². The topological polar surface area (TPSA) is 60.7 Å². The number of hydrogen-bond acceptors (Lipinski definition) is 5. The molecule has 0 aliphatic heterocycles. The number of nitrogens with zero attached hydrogens (tertiary/aromatic N) is 2. The molecular weight excluding hydrogens is 372 g/mol. The van der Waals surface area contributed by atoms with Crippen molar-refractivity contribution in [1.82, 2.24) is 9.38 Å². The minimum Gasteiger partial charge on any atom is -0.456 e. The van der Waals surface area contributed by atoms with Gasteiger partial charge in [0, 0.05) is 17.6 Å². The van der Waals surface area contributed by atoms with Crippen LogP contribution in [-0.4, -0.2) is 15.4 Å². The number of hydrogen-bond donors (Lipinski definition) is 0. The number of aromatic nitrogens is 2. The molecule has 0 bridgehead atoms. The van der Waals surface area contributed by atoms with Crippen LogP contribution in [0.25, 0.3) is 26.5 Å². The maximum absolute atomic E-state index is 13.0. The van der Waals surface area contributed by atoms with Crippen LogP contribution in [0.15, 0.2) is 77.0 Å². The summed E-state index contributed by atoms with van der Waals surface area (Å²) in [4.78, 5) is 30.1. The fraction of sp³-hybridized carbons (Fsp3) is 0.0455. The van der Waals surface area contributed by atoms with E-state index in [1.54, 1.807) is 11.6 Å². The summed E-state index contributed by atoms with van der Waals surface area (Å²) in [7, 11) is 0. The lowest BCUT2D eigenvalue weighted by molar-refractivity contribution is 0.0472. The van der Waals surface area contributed by atoms with Crippen LogP contribution in [0, 0.1) is 0 Å². The smallest absolute Gasteiger partial charge is 0.339 e. The van der Waals surface area contributed by atoms with Crippen LogP contribution in [0.1, 0.15) is 16.1 Å². The van der Waals surface area contributed by atoms with Crippen LogP contribution in [-0.2, 0) is 11.3 Å². The molecule has 5 nitrogen and oxygen atoms in total. The molecule has 0 spiro atoms. The molecule has 3 aromatic carbocycles. The minimum absolute atomic E-state index is 0.0555. The summed E-state index contributed by atoms with van der Waals surface area (Å²) in [6, 6.07) is 18.9. The standard InChI is InChI=1S/C22H14N2O3S/c25-19-12-16(23-22-24(19)9-10-28-22)13-27-21(26)20-17-7-3-1-5-14(17)11-15-6-2-4-8-18(15)20/h1-12H,13H2. The second-order valence-electron chi connectivity index (χ2n) is 6.41. The Morgan fingerprint density at radius 2 is 1.68 bits per heavy atom. The van der Waals surface area contributed by atoms with E-state index < -0.39 is 5.97 Å². The van der Waals surface area contributed by atoms with Crippen molar-refractivity contribution in [2.24, 2.45) is 0 Å². The number of carbonyl (C=O) groups excluding carboxylic acids is 1. The van der Waals surface area contributed by atoms with Gasteiger partial charge in [0.2, 0.25) is 0 Å². The van der Waals surface area contributed by atoms with Gasteiger partial charge in [0.05, 0.1) is 11.3 Å². The summed E-state index contributed by atoms with van der Waals surface area (Å²) in [5, 5.41) is 5.43. The molecule has 0 fully saturated rings. The van der Waals surface area contributed by atoms with Gasteiger partial charge in [-0.3, -0.25) is 9.20 Å². The van der Waals surface area contributed by atoms with Crippen molar-refractivity contribution in [2.75, 3.05) is 0 Å². The van der Waals surface area contributed by atoms with E-state index in [2.05, 4.69) is 11.1 Å². The zero-order valence-corrected chi connectivity index (χ0v) is 15.5. The summed E-state index contributed by atoms with van der Waals surface area (Å²) in [6.07, 6.45) is 1.67. The minimum atomic E-state index is -0.429. The molecule has 5 aromatic rings. The number of ether oxygens (including phenoxy) is 1. The monoisotopic (exact) mass is 386 g/mol. The lowest BCUT2D eigenvalue weighted by Gasteiger charge is -2.11. The van der Waals surface area contributed by atoms with Crippen LogP contribution >= 0.6 is 11.3 Å². The first-order valence-electron chi connectivity index (χ1n) is 8.74. The molecule has 0 N–H and O–H groups in total. The Morgan fingerprint density at radius 1 is 1.00 bits per heavy atom. The third-order valence-corrected chi connectivity index (χ3v) is 5.44. The Bertz CT molecular complexity index is 1360. The highest BCUT2D eigenvalue weighted by molar-refractivity contribution is 7.15. The number of esters is 1. The molecule has 0 unspecified atom stereocenters. The first-order valence-corrected chi connectivity index (χ1v) is 9.62. The zero-order valence-electron chi connectivity index (χ0n) is 14.7. The van der Waals surface area contributed by atoms with Crippen LogP contribution < -0.4 is 5.56 Å². The van der Waals surface area contributed by atoms with Gasteiger partial charge in [0.15, 0.2) is 4.96 Å². The summed E-state index contributed by atoms with van der Waals surface area (Å²) in [5.41, 5.74) is 0.779. The van der Waals surface area contributed by atoms with Crippen LogP contribution in [0.2, 0.25) is 0 Å². The summed E-state index contributed by atoms with van der Waals surface area (Å²) in [5.74, 6) is -0.429. The number of fused-ring (bicyclic) bond motifs is 3. The van der Waals surface area contributed by atoms with E-state index in [0.717, 1.165) is 21.5 Å². The van der Waals surface area contributed by atoms with Crippen molar-refractivity contribution in [3.63, 3.8) is 0 Å². The second kappa shape index (κ2) is 6.58. The maximum Gasteiger partial charge on any atom is 0.339 e. The third-order valence-electron chi connectivity index (χ3n) is 4.68. The predicted molar refractivity (Wildman–Crippen MR) is 110 cm³/mol. The molecule has 136 valence electrons. The molecule has 5 rings (SSSR count). The number of benzene rings is 3. The highest BCUT2D eigenvalue weighted by atomic mass is 32.1. The normalized spacial score (nSPS) is 11.3. The Morgan fingerprint density at radius 3 is 2.39 bits per heavy atom. The molecule has 2 heterocycles. The second-order valence-corrected chi connectivity index (χ2v) is 7.28. The Balaban J connectivity index is 1.55. The molecule has 6 heteroatoms. The van der Waals surface area contributed by atoms with Crippen molar-refractivity contribution in [3.8, 4) is 0 Å². The van der Waals surface area contributed by atoms with Gasteiger partial charge in [0.1, 0.15) is 6.61 Å². The summed E-state index contributed by atoms with van der Waals surface area (Å²) in [6.45, 7) is -0.0555. The van der Waals surface area contributed by atoms with Crippen molar-refractivity contribution in [3.05, 3.63) is 93.9 Å². The molecule has 0 radical (unpaired) electrons. The van der Waals surface area contributed by atoms with Gasteiger partial charge in [-0.05, 0) is 27.6 Å². The molecule has 0 aliphatic carbocycles. The van der Waals surface area contributed by atoms with E-state index in [1.807, 2.05) is 48.5 Å². The van der Waals surface area contributed by atoms with Gasteiger partial charge < -0.3 is 4.74 Å². The lowest BCUT2D eigenvalue weighted by atomic mass is 9.97. The molecule has 28 heavy (non-hydrogen) atoms. The molecule has 2 aromatic heterocycles. The van der Waals surface area contributed by atoms with E-state index in [0.29, 0.717) is 16.2 Å². The van der Waals surface area contributed by atoms with Crippen molar-refractivity contribution >= 4 is 43.8 Å². The first-order chi connectivity index (χ1) is 13.7. The highest BCUT2D eigenvalue weighted by Gasteiger charge is 2.17. The molecular formula is C22H14N2O3S. The van der Waals surface area contributed by atoms with Crippen LogP contribution in [0.4, 0.5) is 0 Å². The van der Waals surface area contributed by atoms with Crippen molar-refractivity contribution in [2.45, 2.75) is 6.61 Å². The van der Waals surface area contributed by atoms with Gasteiger partial charge in [-0.15, -0.1) is 11.3 Å². The van der Waals surface area contributed by atoms with E-state index >= 15 is 0 Å².